The van der Waals surface area contributed by atoms with Crippen LogP contribution in [0, 0.1) is 12.8 Å². The zero-order valence-electron chi connectivity index (χ0n) is 17.2. The molecule has 1 unspecified atom stereocenters. The van der Waals surface area contributed by atoms with Gasteiger partial charge >= 0.3 is 0 Å². The standard InChI is InChI=1S/C22H28N6O/c1-16-23-13-18-8-7-17(14-28(16)18)22(29)27-11-9-26(10-12-27)15-21-24-19-5-3-4-6-20(19)25(21)2/h3-6,13,17H,7-12,14-15H2,1-2H3. The largest absolute Gasteiger partial charge is 0.340 e. The molecule has 4 heterocycles. The highest BCUT2D eigenvalue weighted by Crippen LogP contribution is 2.24. The Bertz CT molecular complexity index is 1040. The van der Waals surface area contributed by atoms with E-state index in [0.29, 0.717) is 5.91 Å². The van der Waals surface area contributed by atoms with Crippen molar-refractivity contribution >= 4 is 16.9 Å². The molecule has 2 aliphatic rings. The average molecular weight is 393 g/mol. The maximum Gasteiger partial charge on any atom is 0.227 e. The van der Waals surface area contributed by atoms with Crippen molar-refractivity contribution in [2.75, 3.05) is 26.2 Å². The lowest BCUT2D eigenvalue weighted by molar-refractivity contribution is -0.138. The Kier molecular flexibility index (Phi) is 4.62. The predicted octanol–water partition coefficient (Wildman–Crippen LogP) is 1.99. The molecule has 2 aliphatic heterocycles. The van der Waals surface area contributed by atoms with E-state index in [0.717, 1.165) is 69.3 Å². The molecule has 0 bridgehead atoms. The van der Waals surface area contributed by atoms with Crippen LogP contribution < -0.4 is 0 Å². The second kappa shape index (κ2) is 7.30. The first-order chi connectivity index (χ1) is 14.1. The van der Waals surface area contributed by atoms with Crippen molar-refractivity contribution < 1.29 is 4.79 Å². The monoisotopic (exact) mass is 392 g/mol. The van der Waals surface area contributed by atoms with Gasteiger partial charge in [-0.05, 0) is 31.9 Å². The number of carbonyl (C=O) groups is 1. The van der Waals surface area contributed by atoms with E-state index >= 15 is 0 Å². The number of rotatable bonds is 3. The van der Waals surface area contributed by atoms with Crippen molar-refractivity contribution in [1.82, 2.24) is 28.9 Å². The molecule has 1 aromatic carbocycles. The summed E-state index contributed by atoms with van der Waals surface area (Å²) in [5.41, 5.74) is 3.48. The fourth-order valence-electron chi connectivity index (χ4n) is 4.72. The molecule has 1 atom stereocenters. The predicted molar refractivity (Wildman–Crippen MR) is 111 cm³/mol. The quantitative estimate of drug-likeness (QED) is 0.684. The molecule has 1 fully saturated rings. The number of benzene rings is 1. The summed E-state index contributed by atoms with van der Waals surface area (Å²) in [5, 5.41) is 0. The fraction of sp³-hybridized carbons (Fsp3) is 0.500. The summed E-state index contributed by atoms with van der Waals surface area (Å²) in [7, 11) is 2.08. The number of carbonyl (C=O) groups excluding carboxylic acids is 1. The van der Waals surface area contributed by atoms with Crippen molar-refractivity contribution in [3.05, 3.63) is 47.8 Å². The number of fused-ring (bicyclic) bond motifs is 2. The zero-order valence-corrected chi connectivity index (χ0v) is 17.2. The van der Waals surface area contributed by atoms with Gasteiger partial charge in [0, 0.05) is 51.7 Å². The number of nitrogens with zero attached hydrogens (tertiary/aromatic N) is 6. The lowest BCUT2D eigenvalue weighted by atomic mass is 9.96. The number of imidazole rings is 2. The number of hydrogen-bond acceptors (Lipinski definition) is 4. The summed E-state index contributed by atoms with van der Waals surface area (Å²) in [6, 6.07) is 8.26. The van der Waals surface area contributed by atoms with Crippen molar-refractivity contribution in [3.63, 3.8) is 0 Å². The van der Waals surface area contributed by atoms with Crippen LogP contribution in [0.2, 0.25) is 0 Å². The first kappa shape index (κ1) is 18.4. The second-order valence-electron chi connectivity index (χ2n) is 8.32. The molecule has 152 valence electrons. The fourth-order valence-corrected chi connectivity index (χ4v) is 4.72. The van der Waals surface area contributed by atoms with Crippen LogP contribution in [0.5, 0.6) is 0 Å². The Hall–Kier alpha value is -2.67. The van der Waals surface area contributed by atoms with Crippen molar-refractivity contribution in [2.45, 2.75) is 32.9 Å². The number of amides is 1. The normalized spacial score (nSPS) is 20.2. The molecular formula is C22H28N6O. The van der Waals surface area contributed by atoms with Gasteiger partial charge in [0.1, 0.15) is 11.6 Å². The van der Waals surface area contributed by atoms with Crippen molar-refractivity contribution in [3.8, 4) is 0 Å². The van der Waals surface area contributed by atoms with Crippen LogP contribution >= 0.6 is 0 Å². The molecule has 0 radical (unpaired) electrons. The Labute approximate surface area is 170 Å². The first-order valence-corrected chi connectivity index (χ1v) is 10.5. The third-order valence-electron chi connectivity index (χ3n) is 6.57. The van der Waals surface area contributed by atoms with E-state index in [1.54, 1.807) is 0 Å². The number of piperazine rings is 1. The number of aromatic nitrogens is 4. The molecule has 1 amide bonds. The van der Waals surface area contributed by atoms with Gasteiger partial charge in [-0.25, -0.2) is 9.97 Å². The molecule has 0 spiro atoms. The van der Waals surface area contributed by atoms with Crippen LogP contribution in [0.3, 0.4) is 0 Å². The Balaban J connectivity index is 1.20. The SMILES string of the molecule is Cc1ncc2n1CC(C(=O)N1CCN(Cc3nc4ccccc4n3C)CC1)CC2. The van der Waals surface area contributed by atoms with E-state index in [4.69, 9.17) is 4.98 Å². The van der Waals surface area contributed by atoms with E-state index in [1.165, 1.54) is 11.2 Å². The molecule has 1 saturated heterocycles. The topological polar surface area (TPSA) is 59.2 Å². The molecule has 3 aromatic rings. The molecule has 5 rings (SSSR count). The van der Waals surface area contributed by atoms with Crippen LogP contribution in [0.15, 0.2) is 30.5 Å². The van der Waals surface area contributed by atoms with Crippen LogP contribution in [-0.4, -0.2) is 61.0 Å². The van der Waals surface area contributed by atoms with Gasteiger partial charge in [0.2, 0.25) is 5.91 Å². The van der Waals surface area contributed by atoms with E-state index in [9.17, 15) is 4.79 Å². The highest BCUT2D eigenvalue weighted by Gasteiger charge is 2.31. The van der Waals surface area contributed by atoms with Gasteiger partial charge in [0.05, 0.1) is 23.5 Å². The Morgan fingerprint density at radius 1 is 1.17 bits per heavy atom. The highest BCUT2D eigenvalue weighted by molar-refractivity contribution is 5.79. The summed E-state index contributed by atoms with van der Waals surface area (Å²) in [4.78, 5) is 26.8. The minimum absolute atomic E-state index is 0.0850. The van der Waals surface area contributed by atoms with Gasteiger partial charge in [-0.2, -0.15) is 0 Å². The van der Waals surface area contributed by atoms with Gasteiger partial charge in [-0.3, -0.25) is 9.69 Å². The van der Waals surface area contributed by atoms with Gasteiger partial charge in [-0.1, -0.05) is 12.1 Å². The minimum Gasteiger partial charge on any atom is -0.340 e. The van der Waals surface area contributed by atoms with Crippen LogP contribution in [0.25, 0.3) is 11.0 Å². The van der Waals surface area contributed by atoms with Crippen LogP contribution in [0.1, 0.15) is 23.8 Å². The lowest BCUT2D eigenvalue weighted by Crippen LogP contribution is -2.51. The molecule has 0 aliphatic carbocycles. The molecule has 2 aromatic heterocycles. The molecular weight excluding hydrogens is 364 g/mol. The van der Waals surface area contributed by atoms with Gasteiger partial charge in [0.25, 0.3) is 0 Å². The third-order valence-corrected chi connectivity index (χ3v) is 6.57. The molecule has 0 saturated carbocycles. The van der Waals surface area contributed by atoms with Crippen LogP contribution in [-0.2, 0) is 31.4 Å². The number of para-hydroxylation sites is 2. The van der Waals surface area contributed by atoms with E-state index in [2.05, 4.69) is 49.2 Å². The van der Waals surface area contributed by atoms with Gasteiger partial charge in [-0.15, -0.1) is 0 Å². The lowest BCUT2D eigenvalue weighted by Gasteiger charge is -2.37. The molecule has 7 nitrogen and oxygen atoms in total. The van der Waals surface area contributed by atoms with Gasteiger partial charge < -0.3 is 14.0 Å². The average Bonchev–Trinajstić information content (AvgIpc) is 3.28. The highest BCUT2D eigenvalue weighted by atomic mass is 16.2. The van der Waals surface area contributed by atoms with Crippen molar-refractivity contribution in [1.29, 1.82) is 0 Å². The smallest absolute Gasteiger partial charge is 0.227 e. The maximum absolute atomic E-state index is 13.1. The van der Waals surface area contributed by atoms with Gasteiger partial charge in [0.15, 0.2) is 0 Å². The Morgan fingerprint density at radius 3 is 2.76 bits per heavy atom. The molecule has 7 heteroatoms. The maximum atomic E-state index is 13.1. The van der Waals surface area contributed by atoms with Crippen molar-refractivity contribution in [2.24, 2.45) is 13.0 Å². The third kappa shape index (κ3) is 3.33. The van der Waals surface area contributed by atoms with E-state index in [1.807, 2.05) is 19.2 Å². The van der Waals surface area contributed by atoms with E-state index < -0.39 is 0 Å². The number of aryl methyl sites for hydroxylation is 3. The molecule has 0 N–H and O–H groups in total. The summed E-state index contributed by atoms with van der Waals surface area (Å²) in [6.45, 7) is 7.03. The summed E-state index contributed by atoms with van der Waals surface area (Å²) < 4.78 is 4.40. The molecule has 29 heavy (non-hydrogen) atoms. The summed E-state index contributed by atoms with van der Waals surface area (Å²) in [5.74, 6) is 2.50. The second-order valence-corrected chi connectivity index (χ2v) is 8.32. The minimum atomic E-state index is 0.0850. The summed E-state index contributed by atoms with van der Waals surface area (Å²) in [6.07, 6.45) is 3.84. The van der Waals surface area contributed by atoms with E-state index in [-0.39, 0.29) is 5.92 Å². The van der Waals surface area contributed by atoms with Crippen LogP contribution in [0.4, 0.5) is 0 Å². The summed E-state index contributed by atoms with van der Waals surface area (Å²) >= 11 is 0. The Morgan fingerprint density at radius 2 is 1.97 bits per heavy atom. The zero-order chi connectivity index (χ0) is 20.0. The number of hydrogen-bond donors (Lipinski definition) is 0. The first-order valence-electron chi connectivity index (χ1n) is 10.5.